The normalized spacial score (nSPS) is 12.6. The molecule has 4 heteroatoms. The van der Waals surface area contributed by atoms with E-state index in [0.29, 0.717) is 6.61 Å². The van der Waals surface area contributed by atoms with E-state index in [1.807, 2.05) is 43.5 Å². The Morgan fingerprint density at radius 1 is 1.47 bits per heavy atom. The number of rotatable bonds is 4. The molecule has 17 heavy (non-hydrogen) atoms. The maximum absolute atomic E-state index is 5.76. The van der Waals surface area contributed by atoms with E-state index in [1.165, 1.54) is 0 Å². The van der Waals surface area contributed by atoms with E-state index in [-0.39, 0.29) is 6.10 Å². The third kappa shape index (κ3) is 2.84. The first-order valence-electron chi connectivity index (χ1n) is 5.63. The van der Waals surface area contributed by atoms with Gasteiger partial charge in [0.25, 0.3) is 0 Å². The molecule has 1 unspecified atom stereocenters. The Bertz CT molecular complexity index is 496. The van der Waals surface area contributed by atoms with Crippen molar-refractivity contribution >= 4 is 17.0 Å². The van der Waals surface area contributed by atoms with Gasteiger partial charge in [0.2, 0.25) is 0 Å². The monoisotopic (exact) mass is 248 g/mol. The summed E-state index contributed by atoms with van der Waals surface area (Å²) in [7, 11) is 0. The molecule has 2 N–H and O–H groups in total. The molecule has 0 fully saturated rings. The maximum atomic E-state index is 5.76. The molecule has 3 nitrogen and oxygen atoms in total. The summed E-state index contributed by atoms with van der Waals surface area (Å²) in [5.41, 5.74) is 8.53. The molecule has 0 saturated heterocycles. The highest BCUT2D eigenvalue weighted by Gasteiger charge is 2.11. The Morgan fingerprint density at radius 2 is 2.29 bits per heavy atom. The molecule has 1 atom stereocenters. The number of hydrogen-bond donors (Lipinski definition) is 1. The minimum absolute atomic E-state index is 0.0554. The van der Waals surface area contributed by atoms with Gasteiger partial charge in [0, 0.05) is 23.2 Å². The molecule has 2 rings (SSSR count). The first kappa shape index (κ1) is 12.1. The fourth-order valence-corrected chi connectivity index (χ4v) is 2.46. The summed E-state index contributed by atoms with van der Waals surface area (Å²) in [5.74, 6) is 0. The van der Waals surface area contributed by atoms with Crippen molar-refractivity contribution in [3.63, 3.8) is 0 Å². The van der Waals surface area contributed by atoms with Crippen molar-refractivity contribution in [3.05, 3.63) is 34.7 Å². The standard InChI is InChI=1S/C13H16N2OS/c1-3-16-9(2)13-15-12(8-17-13)10-5-4-6-11(14)7-10/h4-9H,3,14H2,1-2H3. The number of ether oxygens (including phenoxy) is 1. The molecule has 0 radical (unpaired) electrons. The van der Waals surface area contributed by atoms with E-state index in [9.17, 15) is 0 Å². The average Bonchev–Trinajstić information content (AvgIpc) is 2.78. The molecule has 2 aromatic rings. The van der Waals surface area contributed by atoms with Crippen molar-refractivity contribution in [1.82, 2.24) is 4.98 Å². The van der Waals surface area contributed by atoms with Crippen LogP contribution in [-0.2, 0) is 4.74 Å². The van der Waals surface area contributed by atoms with Crippen LogP contribution in [0.4, 0.5) is 5.69 Å². The predicted molar refractivity (Wildman–Crippen MR) is 72.0 cm³/mol. The molecule has 0 aliphatic heterocycles. The van der Waals surface area contributed by atoms with E-state index in [1.54, 1.807) is 11.3 Å². The molecule has 0 amide bonds. The second-order valence-corrected chi connectivity index (χ2v) is 4.68. The molecule has 0 aliphatic rings. The van der Waals surface area contributed by atoms with Crippen LogP contribution < -0.4 is 5.73 Å². The number of benzene rings is 1. The summed E-state index contributed by atoms with van der Waals surface area (Å²) in [4.78, 5) is 4.58. The number of aromatic nitrogens is 1. The Balaban J connectivity index is 2.23. The largest absolute Gasteiger partial charge is 0.399 e. The summed E-state index contributed by atoms with van der Waals surface area (Å²) < 4.78 is 5.52. The Labute approximate surface area is 105 Å². The number of hydrogen-bond acceptors (Lipinski definition) is 4. The number of nitrogens with zero attached hydrogens (tertiary/aromatic N) is 1. The van der Waals surface area contributed by atoms with Crippen molar-refractivity contribution in [2.45, 2.75) is 20.0 Å². The molecule has 0 saturated carbocycles. The van der Waals surface area contributed by atoms with Gasteiger partial charge in [-0.2, -0.15) is 0 Å². The van der Waals surface area contributed by atoms with Crippen LogP contribution in [0.5, 0.6) is 0 Å². The molecule has 0 aliphatic carbocycles. The van der Waals surface area contributed by atoms with Crippen LogP contribution in [0.3, 0.4) is 0 Å². The van der Waals surface area contributed by atoms with Gasteiger partial charge in [-0.25, -0.2) is 4.98 Å². The fraction of sp³-hybridized carbons (Fsp3) is 0.308. The van der Waals surface area contributed by atoms with Crippen LogP contribution in [0.15, 0.2) is 29.6 Å². The van der Waals surface area contributed by atoms with E-state index in [2.05, 4.69) is 4.98 Å². The van der Waals surface area contributed by atoms with Crippen LogP contribution in [0.25, 0.3) is 11.3 Å². The van der Waals surface area contributed by atoms with Crippen molar-refractivity contribution in [2.24, 2.45) is 0 Å². The highest BCUT2D eigenvalue weighted by molar-refractivity contribution is 7.10. The van der Waals surface area contributed by atoms with Gasteiger partial charge in [0.1, 0.15) is 11.1 Å². The molecule has 0 spiro atoms. The van der Waals surface area contributed by atoms with Crippen LogP contribution in [0, 0.1) is 0 Å². The van der Waals surface area contributed by atoms with E-state index in [0.717, 1.165) is 22.0 Å². The third-order valence-electron chi connectivity index (χ3n) is 2.47. The topological polar surface area (TPSA) is 48.1 Å². The Hall–Kier alpha value is -1.39. The Morgan fingerprint density at radius 3 is 3.00 bits per heavy atom. The van der Waals surface area contributed by atoms with E-state index < -0.39 is 0 Å². The van der Waals surface area contributed by atoms with E-state index >= 15 is 0 Å². The lowest BCUT2D eigenvalue weighted by Crippen LogP contribution is -1.98. The molecule has 0 bridgehead atoms. The van der Waals surface area contributed by atoms with Crippen LogP contribution >= 0.6 is 11.3 Å². The SMILES string of the molecule is CCOC(C)c1nc(-c2cccc(N)c2)cs1. The predicted octanol–water partition coefficient (Wildman–Crippen LogP) is 3.49. The van der Waals surface area contributed by atoms with Gasteiger partial charge in [0.05, 0.1) is 5.69 Å². The van der Waals surface area contributed by atoms with Crippen molar-refractivity contribution in [1.29, 1.82) is 0 Å². The smallest absolute Gasteiger partial charge is 0.122 e. The van der Waals surface area contributed by atoms with E-state index in [4.69, 9.17) is 10.5 Å². The number of anilines is 1. The summed E-state index contributed by atoms with van der Waals surface area (Å²) in [6.45, 7) is 4.71. The number of thiazole rings is 1. The van der Waals surface area contributed by atoms with Gasteiger partial charge in [-0.1, -0.05) is 12.1 Å². The zero-order valence-electron chi connectivity index (χ0n) is 10.0. The average molecular weight is 248 g/mol. The van der Waals surface area contributed by atoms with Gasteiger partial charge in [-0.05, 0) is 26.0 Å². The summed E-state index contributed by atoms with van der Waals surface area (Å²) in [6, 6.07) is 7.76. The van der Waals surface area contributed by atoms with Crippen LogP contribution in [-0.4, -0.2) is 11.6 Å². The second-order valence-electron chi connectivity index (χ2n) is 3.79. The lowest BCUT2D eigenvalue weighted by atomic mass is 10.1. The van der Waals surface area contributed by atoms with Gasteiger partial charge in [-0.15, -0.1) is 11.3 Å². The molecule has 1 aromatic carbocycles. The van der Waals surface area contributed by atoms with Crippen LogP contribution in [0.1, 0.15) is 25.0 Å². The van der Waals surface area contributed by atoms with Crippen molar-refractivity contribution < 1.29 is 4.74 Å². The summed E-state index contributed by atoms with van der Waals surface area (Å²) >= 11 is 1.62. The Kier molecular flexibility index (Phi) is 3.76. The molecule has 90 valence electrons. The molecule has 1 heterocycles. The fourth-order valence-electron chi connectivity index (χ4n) is 1.63. The van der Waals surface area contributed by atoms with Gasteiger partial charge >= 0.3 is 0 Å². The van der Waals surface area contributed by atoms with Crippen molar-refractivity contribution in [2.75, 3.05) is 12.3 Å². The minimum Gasteiger partial charge on any atom is -0.399 e. The second kappa shape index (κ2) is 5.29. The quantitative estimate of drug-likeness (QED) is 0.842. The van der Waals surface area contributed by atoms with Crippen LogP contribution in [0.2, 0.25) is 0 Å². The zero-order valence-corrected chi connectivity index (χ0v) is 10.8. The first-order chi connectivity index (χ1) is 8.20. The molecular weight excluding hydrogens is 232 g/mol. The molecular formula is C13H16N2OS. The highest BCUT2D eigenvalue weighted by atomic mass is 32.1. The molecule has 1 aromatic heterocycles. The number of nitrogens with two attached hydrogens (primary N) is 1. The third-order valence-corrected chi connectivity index (χ3v) is 3.47. The lowest BCUT2D eigenvalue weighted by molar-refractivity contribution is 0.0762. The minimum atomic E-state index is 0.0554. The summed E-state index contributed by atoms with van der Waals surface area (Å²) in [6.07, 6.45) is 0.0554. The van der Waals surface area contributed by atoms with Gasteiger partial charge < -0.3 is 10.5 Å². The van der Waals surface area contributed by atoms with Crippen molar-refractivity contribution in [3.8, 4) is 11.3 Å². The highest BCUT2D eigenvalue weighted by Crippen LogP contribution is 2.27. The lowest BCUT2D eigenvalue weighted by Gasteiger charge is -2.07. The maximum Gasteiger partial charge on any atom is 0.122 e. The first-order valence-corrected chi connectivity index (χ1v) is 6.51. The number of nitrogen functional groups attached to an aromatic ring is 1. The van der Waals surface area contributed by atoms with Gasteiger partial charge in [-0.3, -0.25) is 0 Å². The summed E-state index contributed by atoms with van der Waals surface area (Å²) in [5, 5.41) is 3.05. The zero-order chi connectivity index (χ0) is 12.3. The van der Waals surface area contributed by atoms with Gasteiger partial charge in [0.15, 0.2) is 0 Å².